The third-order valence-corrected chi connectivity index (χ3v) is 2.30. The summed E-state index contributed by atoms with van der Waals surface area (Å²) >= 11 is 0. The van der Waals surface area contributed by atoms with Gasteiger partial charge in [0.2, 0.25) is 0 Å². The van der Waals surface area contributed by atoms with E-state index in [0.29, 0.717) is 0 Å². The third kappa shape index (κ3) is 2.39. The second kappa shape index (κ2) is 3.59. The number of nitrogens with zero attached hydrogens (tertiary/aromatic N) is 1. The molecule has 0 aliphatic heterocycles. The minimum Gasteiger partial charge on any atom is -0.330 e. The van der Waals surface area contributed by atoms with Crippen molar-refractivity contribution in [1.82, 2.24) is 5.48 Å². The predicted molar refractivity (Wildman–Crippen MR) is 41.3 cm³/mol. The lowest BCUT2D eigenvalue weighted by atomic mass is 9.84. The number of rotatable bonds is 2. The fourth-order valence-electron chi connectivity index (χ4n) is 1.58. The lowest BCUT2D eigenvalue weighted by molar-refractivity contribution is 0.0429. The average Bonchev–Trinajstić information content (AvgIpc) is 2.03. The molecule has 0 heterocycles. The second-order valence-corrected chi connectivity index (χ2v) is 3.42. The van der Waals surface area contributed by atoms with E-state index in [1.165, 1.54) is 19.3 Å². The molecule has 1 aliphatic rings. The van der Waals surface area contributed by atoms with Crippen LogP contribution < -0.4 is 5.48 Å². The Morgan fingerprint density at radius 1 is 1.36 bits per heavy atom. The van der Waals surface area contributed by atoms with Crippen LogP contribution in [-0.2, 0) is 4.84 Å². The molecule has 1 saturated carbocycles. The van der Waals surface area contributed by atoms with E-state index < -0.39 is 0 Å². The van der Waals surface area contributed by atoms with E-state index in [2.05, 4.69) is 17.2 Å². The van der Waals surface area contributed by atoms with Crippen LogP contribution in [0.1, 0.15) is 39.0 Å². The Labute approximate surface area is 67.3 Å². The van der Waals surface area contributed by atoms with Crippen molar-refractivity contribution in [2.24, 2.45) is 0 Å². The van der Waals surface area contributed by atoms with Crippen molar-refractivity contribution in [3.8, 4) is 6.26 Å². The summed E-state index contributed by atoms with van der Waals surface area (Å²) in [5.74, 6) is 0. The van der Waals surface area contributed by atoms with Crippen molar-refractivity contribution >= 4 is 0 Å². The van der Waals surface area contributed by atoms with Crippen molar-refractivity contribution in [3.05, 3.63) is 0 Å². The molecular formula is C8H14N2O. The van der Waals surface area contributed by atoms with Crippen molar-refractivity contribution in [3.63, 3.8) is 0 Å². The Morgan fingerprint density at radius 3 is 2.55 bits per heavy atom. The SMILES string of the molecule is CC1(NOC#N)CCCCC1. The molecule has 0 bridgehead atoms. The van der Waals surface area contributed by atoms with E-state index >= 15 is 0 Å². The number of hydroxylamine groups is 1. The van der Waals surface area contributed by atoms with Crippen molar-refractivity contribution < 1.29 is 4.84 Å². The van der Waals surface area contributed by atoms with Crippen molar-refractivity contribution in [1.29, 1.82) is 5.26 Å². The van der Waals surface area contributed by atoms with Gasteiger partial charge in [-0.2, -0.15) is 0 Å². The van der Waals surface area contributed by atoms with Crippen molar-refractivity contribution in [2.75, 3.05) is 0 Å². The first-order valence-electron chi connectivity index (χ1n) is 4.09. The highest BCUT2D eigenvalue weighted by Crippen LogP contribution is 2.27. The summed E-state index contributed by atoms with van der Waals surface area (Å²) in [5.41, 5.74) is 2.82. The first-order chi connectivity index (χ1) is 5.27. The molecule has 0 aromatic rings. The smallest absolute Gasteiger partial charge is 0.307 e. The molecule has 3 nitrogen and oxygen atoms in total. The van der Waals surface area contributed by atoms with Gasteiger partial charge in [0.1, 0.15) is 0 Å². The van der Waals surface area contributed by atoms with Gasteiger partial charge < -0.3 is 4.84 Å². The summed E-state index contributed by atoms with van der Waals surface area (Å²) in [6.07, 6.45) is 7.62. The zero-order valence-corrected chi connectivity index (χ0v) is 6.89. The Bertz CT molecular complexity index is 156. The lowest BCUT2D eigenvalue weighted by Gasteiger charge is -2.31. The minimum atomic E-state index is 0.0357. The van der Waals surface area contributed by atoms with Gasteiger partial charge in [-0.3, -0.25) is 0 Å². The molecular weight excluding hydrogens is 140 g/mol. The first-order valence-corrected chi connectivity index (χ1v) is 4.09. The van der Waals surface area contributed by atoms with Crippen LogP contribution in [0.15, 0.2) is 0 Å². The zero-order chi connectivity index (χ0) is 8.16. The van der Waals surface area contributed by atoms with Crippen molar-refractivity contribution in [2.45, 2.75) is 44.6 Å². The fraction of sp³-hybridized carbons (Fsp3) is 0.875. The Balaban J connectivity index is 2.32. The quantitative estimate of drug-likeness (QED) is 0.486. The molecule has 0 unspecified atom stereocenters. The normalized spacial score (nSPS) is 22.2. The van der Waals surface area contributed by atoms with Gasteiger partial charge in [0.15, 0.2) is 0 Å². The first kappa shape index (κ1) is 8.35. The van der Waals surface area contributed by atoms with Gasteiger partial charge in [-0.25, -0.2) is 0 Å². The van der Waals surface area contributed by atoms with Crippen LogP contribution in [0, 0.1) is 11.5 Å². The number of nitrogens with one attached hydrogen (secondary N) is 1. The van der Waals surface area contributed by atoms with E-state index in [1.807, 2.05) is 0 Å². The Morgan fingerprint density at radius 2 is 2.00 bits per heavy atom. The van der Waals surface area contributed by atoms with E-state index in [4.69, 9.17) is 5.26 Å². The summed E-state index contributed by atoms with van der Waals surface area (Å²) in [5, 5.41) is 8.18. The molecule has 0 atom stereocenters. The molecule has 0 aromatic carbocycles. The maximum Gasteiger partial charge on any atom is 0.307 e. The summed E-state index contributed by atoms with van der Waals surface area (Å²) in [6, 6.07) is 0. The van der Waals surface area contributed by atoms with E-state index in [9.17, 15) is 0 Å². The van der Waals surface area contributed by atoms with E-state index in [0.717, 1.165) is 12.8 Å². The molecule has 0 aromatic heterocycles. The van der Waals surface area contributed by atoms with Crippen LogP contribution in [0.4, 0.5) is 0 Å². The molecule has 1 fully saturated rings. The van der Waals surface area contributed by atoms with Gasteiger partial charge in [0, 0.05) is 0 Å². The standard InChI is InChI=1S/C8H14N2O/c1-8(10-11-7-9)5-3-2-4-6-8/h10H,2-6H2,1H3. The van der Waals surface area contributed by atoms with Gasteiger partial charge in [-0.15, -0.1) is 10.7 Å². The maximum atomic E-state index is 8.18. The summed E-state index contributed by atoms with van der Waals surface area (Å²) in [4.78, 5) is 4.53. The van der Waals surface area contributed by atoms with Gasteiger partial charge >= 0.3 is 6.26 Å². The Kier molecular flexibility index (Phi) is 2.72. The molecule has 0 radical (unpaired) electrons. The zero-order valence-electron chi connectivity index (χ0n) is 6.89. The topological polar surface area (TPSA) is 45.0 Å². The van der Waals surface area contributed by atoms with Gasteiger partial charge in [-0.1, -0.05) is 19.3 Å². The van der Waals surface area contributed by atoms with Crippen LogP contribution in [-0.4, -0.2) is 5.54 Å². The maximum absolute atomic E-state index is 8.18. The molecule has 1 aliphatic carbocycles. The number of hydrogen-bond acceptors (Lipinski definition) is 3. The minimum absolute atomic E-state index is 0.0357. The largest absolute Gasteiger partial charge is 0.330 e. The van der Waals surface area contributed by atoms with Gasteiger partial charge in [0.05, 0.1) is 5.54 Å². The highest BCUT2D eigenvalue weighted by Gasteiger charge is 2.27. The van der Waals surface area contributed by atoms with Crippen LogP contribution in [0.5, 0.6) is 0 Å². The molecule has 62 valence electrons. The highest BCUT2D eigenvalue weighted by molar-refractivity contribution is 4.83. The molecule has 1 N–H and O–H groups in total. The molecule has 0 saturated heterocycles. The monoisotopic (exact) mass is 154 g/mol. The predicted octanol–water partition coefficient (Wildman–Crippen LogP) is 1.71. The number of hydrogen-bond donors (Lipinski definition) is 1. The van der Waals surface area contributed by atoms with Gasteiger partial charge in [-0.05, 0) is 19.8 Å². The van der Waals surface area contributed by atoms with Crippen LogP contribution >= 0.6 is 0 Å². The van der Waals surface area contributed by atoms with E-state index in [-0.39, 0.29) is 5.54 Å². The second-order valence-electron chi connectivity index (χ2n) is 3.42. The molecule has 11 heavy (non-hydrogen) atoms. The third-order valence-electron chi connectivity index (χ3n) is 2.30. The van der Waals surface area contributed by atoms with Crippen LogP contribution in [0.2, 0.25) is 0 Å². The summed E-state index contributed by atoms with van der Waals surface area (Å²) in [7, 11) is 0. The molecule has 3 heteroatoms. The van der Waals surface area contributed by atoms with Crippen LogP contribution in [0.3, 0.4) is 0 Å². The summed E-state index contributed by atoms with van der Waals surface area (Å²) < 4.78 is 0. The molecule has 0 amide bonds. The van der Waals surface area contributed by atoms with E-state index in [1.54, 1.807) is 6.26 Å². The fourth-order valence-corrected chi connectivity index (χ4v) is 1.58. The molecule has 0 spiro atoms. The Hall–Kier alpha value is -0.750. The van der Waals surface area contributed by atoms with Crippen LogP contribution in [0.25, 0.3) is 0 Å². The highest BCUT2D eigenvalue weighted by atomic mass is 16.6. The average molecular weight is 154 g/mol. The summed E-state index contributed by atoms with van der Waals surface area (Å²) in [6.45, 7) is 2.10. The lowest BCUT2D eigenvalue weighted by Crippen LogP contribution is -2.42. The number of nitriles is 1. The van der Waals surface area contributed by atoms with Gasteiger partial charge in [0.25, 0.3) is 0 Å². The molecule has 1 rings (SSSR count).